The van der Waals surface area contributed by atoms with E-state index in [-0.39, 0.29) is 0 Å². The molecule has 0 aromatic heterocycles. The molecule has 1 aliphatic rings. The van der Waals surface area contributed by atoms with E-state index in [1.165, 1.54) is 36.8 Å². The van der Waals surface area contributed by atoms with Gasteiger partial charge in [-0.05, 0) is 37.4 Å². The average molecular weight is 247 g/mol. The Morgan fingerprint density at radius 3 is 2.67 bits per heavy atom. The minimum atomic E-state index is 0.330. The lowest BCUT2D eigenvalue weighted by Gasteiger charge is -2.22. The third kappa shape index (κ3) is 3.56. The van der Waals surface area contributed by atoms with Crippen LogP contribution in [0.25, 0.3) is 0 Å². The molecule has 0 bridgehead atoms. The van der Waals surface area contributed by atoms with E-state index in [1.54, 1.807) is 0 Å². The van der Waals surface area contributed by atoms with E-state index in [9.17, 15) is 0 Å². The van der Waals surface area contributed by atoms with Crippen molar-refractivity contribution >= 4 is 0 Å². The van der Waals surface area contributed by atoms with Gasteiger partial charge in [-0.2, -0.15) is 0 Å². The number of hydrogen-bond donors (Lipinski definition) is 1. The van der Waals surface area contributed by atoms with Crippen LogP contribution in [0.2, 0.25) is 0 Å². The molecule has 18 heavy (non-hydrogen) atoms. The van der Waals surface area contributed by atoms with E-state index in [2.05, 4.69) is 43.4 Å². The lowest BCUT2D eigenvalue weighted by atomic mass is 10.0. The molecule has 0 aliphatic heterocycles. The summed E-state index contributed by atoms with van der Waals surface area (Å²) in [6, 6.07) is 8.93. The summed E-state index contributed by atoms with van der Waals surface area (Å²) < 4.78 is 6.06. The number of nitrogens with one attached hydrogen (secondary N) is 1. The maximum absolute atomic E-state index is 6.06. The quantitative estimate of drug-likeness (QED) is 0.829. The van der Waals surface area contributed by atoms with Crippen molar-refractivity contribution in [2.45, 2.75) is 51.7 Å². The van der Waals surface area contributed by atoms with E-state index < -0.39 is 0 Å². The Balaban J connectivity index is 1.96. The summed E-state index contributed by atoms with van der Waals surface area (Å²) in [5.74, 6) is 0. The number of likely N-dealkylation sites (N-methyl/N-ethyl adjacent to an activating group) is 1. The first-order valence-electron chi connectivity index (χ1n) is 7.21. The molecule has 0 saturated heterocycles. The van der Waals surface area contributed by atoms with Crippen molar-refractivity contribution in [3.05, 3.63) is 35.4 Å². The van der Waals surface area contributed by atoms with Gasteiger partial charge in [-0.1, -0.05) is 44.0 Å². The van der Waals surface area contributed by atoms with Gasteiger partial charge in [-0.15, -0.1) is 0 Å². The van der Waals surface area contributed by atoms with Crippen LogP contribution < -0.4 is 5.32 Å². The monoisotopic (exact) mass is 247 g/mol. The molecule has 2 heteroatoms. The molecule has 1 unspecified atom stereocenters. The first-order valence-corrected chi connectivity index (χ1v) is 7.21. The normalized spacial score (nSPS) is 18.1. The van der Waals surface area contributed by atoms with Crippen molar-refractivity contribution in [2.24, 2.45) is 0 Å². The molecule has 1 atom stereocenters. The molecule has 0 radical (unpaired) electrons. The Morgan fingerprint density at radius 1 is 1.28 bits per heavy atom. The molecule has 1 fully saturated rings. The van der Waals surface area contributed by atoms with Gasteiger partial charge in [0.1, 0.15) is 0 Å². The lowest BCUT2D eigenvalue weighted by Crippen LogP contribution is -2.27. The highest BCUT2D eigenvalue weighted by Gasteiger charge is 2.19. The molecular formula is C16H25NO. The highest BCUT2D eigenvalue weighted by Crippen LogP contribution is 2.24. The Morgan fingerprint density at radius 2 is 2.00 bits per heavy atom. The SMILES string of the molecule is CCNC(COC1CCCC1)c1ccccc1C. The van der Waals surface area contributed by atoms with Crippen LogP contribution >= 0.6 is 0 Å². The van der Waals surface area contributed by atoms with E-state index in [0.29, 0.717) is 12.1 Å². The van der Waals surface area contributed by atoms with Gasteiger partial charge in [0.25, 0.3) is 0 Å². The fraction of sp³-hybridized carbons (Fsp3) is 0.625. The summed E-state index contributed by atoms with van der Waals surface area (Å²) >= 11 is 0. The molecule has 1 aromatic rings. The third-order valence-corrected chi connectivity index (χ3v) is 3.82. The van der Waals surface area contributed by atoms with Crippen molar-refractivity contribution in [3.63, 3.8) is 0 Å². The summed E-state index contributed by atoms with van der Waals surface area (Å²) in [6.07, 6.45) is 5.65. The Hall–Kier alpha value is -0.860. The summed E-state index contributed by atoms with van der Waals surface area (Å²) in [4.78, 5) is 0. The summed E-state index contributed by atoms with van der Waals surface area (Å²) in [5, 5.41) is 3.54. The number of ether oxygens (including phenoxy) is 1. The second-order valence-electron chi connectivity index (χ2n) is 5.21. The second-order valence-corrected chi connectivity index (χ2v) is 5.21. The minimum Gasteiger partial charge on any atom is -0.376 e. The van der Waals surface area contributed by atoms with Crippen molar-refractivity contribution in [1.29, 1.82) is 0 Å². The van der Waals surface area contributed by atoms with Gasteiger partial charge in [0.05, 0.1) is 18.8 Å². The number of benzene rings is 1. The topological polar surface area (TPSA) is 21.3 Å². The largest absolute Gasteiger partial charge is 0.376 e. The van der Waals surface area contributed by atoms with Gasteiger partial charge in [0.2, 0.25) is 0 Å². The first kappa shape index (κ1) is 13.6. The zero-order valence-electron chi connectivity index (χ0n) is 11.6. The van der Waals surface area contributed by atoms with E-state index in [4.69, 9.17) is 4.74 Å². The summed E-state index contributed by atoms with van der Waals surface area (Å²) in [7, 11) is 0. The first-order chi connectivity index (χ1) is 8.81. The smallest absolute Gasteiger partial charge is 0.0665 e. The summed E-state index contributed by atoms with van der Waals surface area (Å²) in [5.41, 5.74) is 2.72. The highest BCUT2D eigenvalue weighted by atomic mass is 16.5. The molecule has 2 rings (SSSR count). The maximum Gasteiger partial charge on any atom is 0.0665 e. The zero-order valence-corrected chi connectivity index (χ0v) is 11.6. The minimum absolute atomic E-state index is 0.330. The van der Waals surface area contributed by atoms with Crippen molar-refractivity contribution in [2.75, 3.05) is 13.2 Å². The van der Waals surface area contributed by atoms with Crippen LogP contribution in [-0.2, 0) is 4.74 Å². The van der Waals surface area contributed by atoms with Gasteiger partial charge in [-0.3, -0.25) is 0 Å². The number of aryl methyl sites for hydroxylation is 1. The highest BCUT2D eigenvalue weighted by molar-refractivity contribution is 5.28. The van der Waals surface area contributed by atoms with E-state index in [1.807, 2.05) is 0 Å². The van der Waals surface area contributed by atoms with Crippen LogP contribution in [0.4, 0.5) is 0 Å². The Labute approximate surface area is 111 Å². The van der Waals surface area contributed by atoms with E-state index >= 15 is 0 Å². The van der Waals surface area contributed by atoms with Crippen LogP contribution in [-0.4, -0.2) is 19.3 Å². The van der Waals surface area contributed by atoms with Crippen LogP contribution in [0, 0.1) is 6.92 Å². The zero-order chi connectivity index (χ0) is 12.8. The van der Waals surface area contributed by atoms with Crippen molar-refractivity contribution in [1.82, 2.24) is 5.32 Å². The van der Waals surface area contributed by atoms with Crippen molar-refractivity contribution in [3.8, 4) is 0 Å². The van der Waals surface area contributed by atoms with E-state index in [0.717, 1.165) is 13.2 Å². The lowest BCUT2D eigenvalue weighted by molar-refractivity contribution is 0.0427. The van der Waals surface area contributed by atoms with Gasteiger partial charge in [-0.25, -0.2) is 0 Å². The van der Waals surface area contributed by atoms with Gasteiger partial charge >= 0.3 is 0 Å². The van der Waals surface area contributed by atoms with Crippen molar-refractivity contribution < 1.29 is 4.74 Å². The molecule has 0 heterocycles. The van der Waals surface area contributed by atoms with Gasteiger partial charge in [0, 0.05) is 0 Å². The van der Waals surface area contributed by atoms with Crippen LogP contribution in [0.3, 0.4) is 0 Å². The molecule has 1 aliphatic carbocycles. The maximum atomic E-state index is 6.06. The number of rotatable bonds is 6. The summed E-state index contributed by atoms with van der Waals surface area (Å²) in [6.45, 7) is 6.10. The molecule has 0 amide bonds. The molecular weight excluding hydrogens is 222 g/mol. The predicted molar refractivity (Wildman–Crippen MR) is 75.8 cm³/mol. The third-order valence-electron chi connectivity index (χ3n) is 3.82. The fourth-order valence-electron chi connectivity index (χ4n) is 2.77. The molecule has 1 saturated carbocycles. The Kier molecular flexibility index (Phi) is 5.21. The fourth-order valence-corrected chi connectivity index (χ4v) is 2.77. The van der Waals surface area contributed by atoms with Gasteiger partial charge in [0.15, 0.2) is 0 Å². The predicted octanol–water partition coefficient (Wildman–Crippen LogP) is 3.60. The molecule has 100 valence electrons. The number of hydrogen-bond acceptors (Lipinski definition) is 2. The molecule has 2 nitrogen and oxygen atoms in total. The molecule has 1 N–H and O–H groups in total. The Bertz CT molecular complexity index is 358. The van der Waals surface area contributed by atoms with Crippen LogP contribution in [0.15, 0.2) is 24.3 Å². The molecule has 1 aromatic carbocycles. The second kappa shape index (κ2) is 6.91. The van der Waals surface area contributed by atoms with Crippen LogP contribution in [0.5, 0.6) is 0 Å². The average Bonchev–Trinajstić information content (AvgIpc) is 2.88. The molecule has 0 spiro atoms. The van der Waals surface area contributed by atoms with Gasteiger partial charge < -0.3 is 10.1 Å². The van der Waals surface area contributed by atoms with Crippen LogP contribution in [0.1, 0.15) is 49.8 Å². The standard InChI is InChI=1S/C16H25NO/c1-3-17-16(12-18-14-9-5-6-10-14)15-11-7-4-8-13(15)2/h4,7-8,11,14,16-17H,3,5-6,9-10,12H2,1-2H3.